The van der Waals surface area contributed by atoms with Crippen LogP contribution in [0.4, 0.5) is 0 Å². The van der Waals surface area contributed by atoms with E-state index in [4.69, 9.17) is 4.74 Å². The number of aryl methyl sites for hydroxylation is 1. The summed E-state index contributed by atoms with van der Waals surface area (Å²) < 4.78 is 7.49. The molecule has 1 fully saturated rings. The van der Waals surface area contributed by atoms with Crippen LogP contribution in [0.5, 0.6) is 0 Å². The first-order chi connectivity index (χ1) is 12.7. The maximum Gasteiger partial charge on any atom is 0.222 e. The van der Waals surface area contributed by atoms with Gasteiger partial charge < -0.3 is 9.64 Å². The number of nitrogens with zero attached hydrogens (tertiary/aromatic N) is 5. The van der Waals surface area contributed by atoms with Crippen LogP contribution in [0.2, 0.25) is 0 Å². The number of amides is 1. The normalized spacial score (nSPS) is 17.2. The number of carbonyl (C=O) groups excluding carboxylic acids is 1. The van der Waals surface area contributed by atoms with Crippen molar-refractivity contribution in [1.82, 2.24) is 24.9 Å². The molecule has 1 saturated heterocycles. The minimum absolute atomic E-state index is 0.120. The lowest BCUT2D eigenvalue weighted by molar-refractivity contribution is -0.133. The molecule has 0 radical (unpaired) electrons. The molecule has 3 aromatic rings. The second-order valence-electron chi connectivity index (χ2n) is 6.91. The number of hydrogen-bond donors (Lipinski definition) is 0. The summed E-state index contributed by atoms with van der Waals surface area (Å²) in [7, 11) is 0. The number of carbonyl (C=O) groups is 1. The van der Waals surface area contributed by atoms with Gasteiger partial charge in [-0.3, -0.25) is 4.79 Å². The molecule has 26 heavy (non-hydrogen) atoms. The van der Waals surface area contributed by atoms with E-state index in [1.165, 1.54) is 0 Å². The molecule has 136 valence electrons. The average molecular weight is 353 g/mol. The van der Waals surface area contributed by atoms with E-state index in [1.54, 1.807) is 4.52 Å². The highest BCUT2D eigenvalue weighted by Crippen LogP contribution is 2.23. The number of benzene rings is 1. The van der Waals surface area contributed by atoms with Gasteiger partial charge in [0.15, 0.2) is 5.65 Å². The number of fused-ring (bicyclic) bond motifs is 3. The van der Waals surface area contributed by atoms with Gasteiger partial charge in [0.2, 0.25) is 5.91 Å². The maximum absolute atomic E-state index is 12.5. The molecular formula is C19H23N5O2. The van der Waals surface area contributed by atoms with E-state index in [9.17, 15) is 4.79 Å². The zero-order valence-corrected chi connectivity index (χ0v) is 15.2. The van der Waals surface area contributed by atoms with Crippen molar-refractivity contribution in [2.45, 2.75) is 45.8 Å². The zero-order valence-electron chi connectivity index (χ0n) is 15.2. The Balaban J connectivity index is 1.72. The lowest BCUT2D eigenvalue weighted by atomic mass is 10.1. The Hall–Kier alpha value is -2.54. The number of hydrogen-bond acceptors (Lipinski definition) is 5. The second-order valence-corrected chi connectivity index (χ2v) is 6.91. The van der Waals surface area contributed by atoms with E-state index in [0.717, 1.165) is 41.5 Å². The molecule has 4 rings (SSSR count). The second kappa shape index (κ2) is 6.99. The van der Waals surface area contributed by atoms with Gasteiger partial charge in [-0.15, -0.1) is 5.10 Å². The molecule has 0 N–H and O–H groups in total. The van der Waals surface area contributed by atoms with E-state index < -0.39 is 0 Å². The molecule has 1 aromatic carbocycles. The van der Waals surface area contributed by atoms with Gasteiger partial charge in [-0.2, -0.15) is 4.52 Å². The molecule has 3 heterocycles. The van der Waals surface area contributed by atoms with Crippen LogP contribution in [0.15, 0.2) is 24.3 Å². The van der Waals surface area contributed by atoms with E-state index in [-0.39, 0.29) is 12.0 Å². The van der Waals surface area contributed by atoms with Crippen molar-refractivity contribution in [1.29, 1.82) is 0 Å². The minimum Gasteiger partial charge on any atom is -0.376 e. The first-order valence-corrected chi connectivity index (χ1v) is 9.15. The van der Waals surface area contributed by atoms with Crippen molar-refractivity contribution in [3.05, 3.63) is 35.4 Å². The summed E-state index contributed by atoms with van der Waals surface area (Å²) in [6, 6.07) is 8.31. The molecule has 7 heteroatoms. The number of tetrazole rings is 1. The predicted molar refractivity (Wildman–Crippen MR) is 97.7 cm³/mol. The van der Waals surface area contributed by atoms with Crippen LogP contribution >= 0.6 is 0 Å². The van der Waals surface area contributed by atoms with Gasteiger partial charge in [-0.05, 0) is 47.9 Å². The average Bonchev–Trinajstić information content (AvgIpc) is 3.32. The Morgan fingerprint density at radius 2 is 2.27 bits per heavy atom. The fourth-order valence-corrected chi connectivity index (χ4v) is 3.60. The highest BCUT2D eigenvalue weighted by molar-refractivity contribution is 5.84. The number of rotatable bonds is 5. The Morgan fingerprint density at radius 3 is 3.04 bits per heavy atom. The molecule has 1 amide bonds. The highest BCUT2D eigenvalue weighted by atomic mass is 16.5. The summed E-state index contributed by atoms with van der Waals surface area (Å²) in [5.41, 5.74) is 3.78. The quantitative estimate of drug-likeness (QED) is 0.705. The number of pyridine rings is 1. The first-order valence-electron chi connectivity index (χ1n) is 9.15. The van der Waals surface area contributed by atoms with Crippen LogP contribution in [-0.4, -0.2) is 50.1 Å². The zero-order chi connectivity index (χ0) is 18.1. The van der Waals surface area contributed by atoms with Crippen molar-refractivity contribution in [3.63, 3.8) is 0 Å². The highest BCUT2D eigenvalue weighted by Gasteiger charge is 2.23. The van der Waals surface area contributed by atoms with Crippen LogP contribution in [0.25, 0.3) is 16.6 Å². The predicted octanol–water partition coefficient (Wildman–Crippen LogP) is 2.50. The molecule has 2 aromatic heterocycles. The van der Waals surface area contributed by atoms with Crippen LogP contribution in [0.3, 0.4) is 0 Å². The van der Waals surface area contributed by atoms with Gasteiger partial charge >= 0.3 is 0 Å². The molecule has 0 saturated carbocycles. The van der Waals surface area contributed by atoms with Crippen LogP contribution in [0, 0.1) is 6.92 Å². The fourth-order valence-electron chi connectivity index (χ4n) is 3.60. The van der Waals surface area contributed by atoms with Gasteiger partial charge in [0.25, 0.3) is 0 Å². The topological polar surface area (TPSA) is 72.6 Å². The third kappa shape index (κ3) is 3.14. The third-order valence-electron chi connectivity index (χ3n) is 4.96. The molecule has 1 aliphatic rings. The van der Waals surface area contributed by atoms with Gasteiger partial charge in [-0.25, -0.2) is 0 Å². The standard InChI is InChI=1S/C19H23N5O2/c1-3-18(25)23(12-16-5-4-8-26-16)11-15-10-14-7-6-13(2)9-17(14)24-19(15)20-21-22-24/h6-7,9-10,16H,3-5,8,11-12H2,1-2H3/t16-/m0/s1. The molecule has 0 bridgehead atoms. The van der Waals surface area contributed by atoms with Crippen LogP contribution in [-0.2, 0) is 16.1 Å². The van der Waals surface area contributed by atoms with E-state index in [2.05, 4.69) is 39.8 Å². The first kappa shape index (κ1) is 16.9. The summed E-state index contributed by atoms with van der Waals surface area (Å²) in [4.78, 5) is 14.4. The van der Waals surface area contributed by atoms with Crippen molar-refractivity contribution in [2.75, 3.05) is 13.2 Å². The fraction of sp³-hybridized carbons (Fsp3) is 0.474. The SMILES string of the molecule is CCC(=O)N(Cc1cc2ccc(C)cc2n2nnnc12)C[C@@H]1CCCO1. The van der Waals surface area contributed by atoms with Crippen molar-refractivity contribution in [2.24, 2.45) is 0 Å². The molecule has 7 nitrogen and oxygen atoms in total. The molecule has 0 aliphatic carbocycles. The Labute approximate surface area is 151 Å². The van der Waals surface area contributed by atoms with Gasteiger partial charge in [-0.1, -0.05) is 19.1 Å². The molecular weight excluding hydrogens is 330 g/mol. The lowest BCUT2D eigenvalue weighted by Crippen LogP contribution is -2.36. The van der Waals surface area contributed by atoms with Crippen LogP contribution in [0.1, 0.15) is 37.3 Å². The largest absolute Gasteiger partial charge is 0.376 e. The Morgan fingerprint density at radius 1 is 1.38 bits per heavy atom. The molecule has 1 aliphatic heterocycles. The minimum atomic E-state index is 0.120. The monoisotopic (exact) mass is 353 g/mol. The van der Waals surface area contributed by atoms with Gasteiger partial charge in [0, 0.05) is 37.1 Å². The molecule has 0 unspecified atom stereocenters. The summed E-state index contributed by atoms with van der Waals surface area (Å²) in [5.74, 6) is 0.120. The van der Waals surface area contributed by atoms with E-state index in [1.807, 2.05) is 18.7 Å². The third-order valence-corrected chi connectivity index (χ3v) is 4.96. The maximum atomic E-state index is 12.5. The van der Waals surface area contributed by atoms with Crippen molar-refractivity contribution in [3.8, 4) is 0 Å². The summed E-state index contributed by atoms with van der Waals surface area (Å²) in [5, 5.41) is 13.3. The van der Waals surface area contributed by atoms with Crippen LogP contribution < -0.4 is 0 Å². The summed E-state index contributed by atoms with van der Waals surface area (Å²) in [6.45, 7) is 5.83. The summed E-state index contributed by atoms with van der Waals surface area (Å²) in [6.07, 6.45) is 2.67. The summed E-state index contributed by atoms with van der Waals surface area (Å²) >= 11 is 0. The lowest BCUT2D eigenvalue weighted by Gasteiger charge is -2.25. The Bertz CT molecular complexity index is 946. The van der Waals surface area contributed by atoms with Crippen molar-refractivity contribution < 1.29 is 9.53 Å². The molecule has 1 atom stereocenters. The Kier molecular flexibility index (Phi) is 4.55. The van der Waals surface area contributed by atoms with E-state index >= 15 is 0 Å². The number of aromatic nitrogens is 4. The molecule has 0 spiro atoms. The smallest absolute Gasteiger partial charge is 0.222 e. The van der Waals surface area contributed by atoms with Crippen molar-refractivity contribution >= 4 is 22.5 Å². The number of ether oxygens (including phenoxy) is 1. The van der Waals surface area contributed by atoms with Gasteiger partial charge in [0.1, 0.15) is 0 Å². The van der Waals surface area contributed by atoms with E-state index in [0.29, 0.717) is 25.2 Å². The van der Waals surface area contributed by atoms with Gasteiger partial charge in [0.05, 0.1) is 11.6 Å².